The van der Waals surface area contributed by atoms with E-state index in [4.69, 9.17) is 4.42 Å². The van der Waals surface area contributed by atoms with Gasteiger partial charge in [0.05, 0.1) is 0 Å². The number of hydrogen-bond acceptors (Lipinski definition) is 3. The van der Waals surface area contributed by atoms with Gasteiger partial charge in [0.15, 0.2) is 0 Å². The van der Waals surface area contributed by atoms with Crippen molar-refractivity contribution in [2.45, 2.75) is 46.1 Å². The molecule has 0 saturated carbocycles. The second kappa shape index (κ2) is 9.86. The van der Waals surface area contributed by atoms with Crippen molar-refractivity contribution >= 4 is 17.5 Å². The van der Waals surface area contributed by atoms with Gasteiger partial charge in [-0.2, -0.15) is 0 Å². The molecule has 2 heterocycles. The van der Waals surface area contributed by atoms with E-state index in [0.29, 0.717) is 38.3 Å². The number of aryl methyl sites for hydroxylation is 1. The van der Waals surface area contributed by atoms with Crippen LogP contribution in [0.15, 0.2) is 65.1 Å². The summed E-state index contributed by atoms with van der Waals surface area (Å²) in [5, 5.41) is 2.99. The Morgan fingerprint density at radius 2 is 1.88 bits per heavy atom. The SMILES string of the molecule is CC(C)CC(=O)N1CCc2oc(-c3cccc(NC(=O)CCc4ccccc4)c3)cc2C1. The lowest BCUT2D eigenvalue weighted by Crippen LogP contribution is -2.35. The van der Waals surface area contributed by atoms with Gasteiger partial charge in [-0.3, -0.25) is 9.59 Å². The smallest absolute Gasteiger partial charge is 0.224 e. The van der Waals surface area contributed by atoms with E-state index in [0.717, 1.165) is 40.3 Å². The molecule has 0 aliphatic carbocycles. The van der Waals surface area contributed by atoms with Crippen LogP contribution in [0.3, 0.4) is 0 Å². The minimum atomic E-state index is -0.0101. The second-order valence-electron chi connectivity index (χ2n) is 8.84. The van der Waals surface area contributed by atoms with E-state index in [-0.39, 0.29) is 11.8 Å². The number of nitrogens with zero attached hydrogens (tertiary/aromatic N) is 1. The molecular formula is C27H30N2O3. The van der Waals surface area contributed by atoms with Gasteiger partial charge >= 0.3 is 0 Å². The van der Waals surface area contributed by atoms with Crippen molar-refractivity contribution in [2.75, 3.05) is 11.9 Å². The van der Waals surface area contributed by atoms with E-state index in [9.17, 15) is 9.59 Å². The topological polar surface area (TPSA) is 62.6 Å². The van der Waals surface area contributed by atoms with Crippen LogP contribution >= 0.6 is 0 Å². The van der Waals surface area contributed by atoms with E-state index in [1.165, 1.54) is 0 Å². The summed E-state index contributed by atoms with van der Waals surface area (Å²) in [6.07, 6.45) is 2.45. The molecule has 0 saturated heterocycles. The molecule has 0 fully saturated rings. The first kappa shape index (κ1) is 21.9. The van der Waals surface area contributed by atoms with Crippen molar-refractivity contribution in [1.82, 2.24) is 4.90 Å². The Hall–Kier alpha value is -3.34. The van der Waals surface area contributed by atoms with Crippen LogP contribution in [-0.2, 0) is 29.0 Å². The Morgan fingerprint density at radius 1 is 1.06 bits per heavy atom. The van der Waals surface area contributed by atoms with Crippen LogP contribution in [0, 0.1) is 5.92 Å². The number of carbonyl (C=O) groups is 2. The largest absolute Gasteiger partial charge is 0.461 e. The zero-order valence-corrected chi connectivity index (χ0v) is 18.8. The van der Waals surface area contributed by atoms with Crippen LogP contribution in [0.5, 0.6) is 0 Å². The molecule has 5 nitrogen and oxygen atoms in total. The summed E-state index contributed by atoms with van der Waals surface area (Å²) in [4.78, 5) is 26.8. The normalized spacial score (nSPS) is 13.2. The lowest BCUT2D eigenvalue weighted by atomic mass is 10.0. The number of fused-ring (bicyclic) bond motifs is 1. The molecule has 0 unspecified atom stereocenters. The third kappa shape index (κ3) is 5.47. The number of carbonyl (C=O) groups excluding carboxylic acids is 2. The van der Waals surface area contributed by atoms with Crippen LogP contribution in [-0.4, -0.2) is 23.3 Å². The zero-order valence-electron chi connectivity index (χ0n) is 18.8. The Balaban J connectivity index is 1.40. The van der Waals surface area contributed by atoms with Crippen LogP contribution in [0.4, 0.5) is 5.69 Å². The van der Waals surface area contributed by atoms with E-state index in [2.05, 4.69) is 19.2 Å². The Kier molecular flexibility index (Phi) is 6.74. The van der Waals surface area contributed by atoms with Crippen molar-refractivity contribution in [1.29, 1.82) is 0 Å². The molecule has 1 aliphatic rings. The fraction of sp³-hybridized carbons (Fsp3) is 0.333. The first-order chi connectivity index (χ1) is 15.5. The Morgan fingerprint density at radius 3 is 2.66 bits per heavy atom. The molecule has 166 valence electrons. The molecule has 5 heteroatoms. The van der Waals surface area contributed by atoms with Gasteiger partial charge in [0.2, 0.25) is 11.8 Å². The van der Waals surface area contributed by atoms with E-state index < -0.39 is 0 Å². The minimum Gasteiger partial charge on any atom is -0.461 e. The highest BCUT2D eigenvalue weighted by atomic mass is 16.3. The maximum atomic E-state index is 12.4. The fourth-order valence-corrected chi connectivity index (χ4v) is 4.04. The van der Waals surface area contributed by atoms with Gasteiger partial charge in [-0.1, -0.05) is 56.3 Å². The molecule has 0 atom stereocenters. The third-order valence-corrected chi connectivity index (χ3v) is 5.72. The quantitative estimate of drug-likeness (QED) is 0.542. The summed E-state index contributed by atoms with van der Waals surface area (Å²) in [5.41, 5.74) is 3.89. The molecule has 2 amide bonds. The number of benzene rings is 2. The summed E-state index contributed by atoms with van der Waals surface area (Å²) >= 11 is 0. The summed E-state index contributed by atoms with van der Waals surface area (Å²) in [7, 11) is 0. The Bertz CT molecular complexity index is 1090. The van der Waals surface area contributed by atoms with Gasteiger partial charge in [-0.15, -0.1) is 0 Å². The van der Waals surface area contributed by atoms with Gasteiger partial charge in [-0.25, -0.2) is 0 Å². The molecule has 3 aromatic rings. The molecule has 1 aliphatic heterocycles. The van der Waals surface area contributed by atoms with E-state index in [1.54, 1.807) is 0 Å². The number of nitrogens with one attached hydrogen (secondary N) is 1. The van der Waals surface area contributed by atoms with Crippen LogP contribution in [0.25, 0.3) is 11.3 Å². The average molecular weight is 431 g/mol. The van der Waals surface area contributed by atoms with E-state index >= 15 is 0 Å². The molecule has 32 heavy (non-hydrogen) atoms. The van der Waals surface area contributed by atoms with Gasteiger partial charge in [0.25, 0.3) is 0 Å². The maximum Gasteiger partial charge on any atom is 0.224 e. The highest BCUT2D eigenvalue weighted by Gasteiger charge is 2.24. The maximum absolute atomic E-state index is 12.4. The van der Waals surface area contributed by atoms with Gasteiger partial charge < -0.3 is 14.6 Å². The van der Waals surface area contributed by atoms with E-state index in [1.807, 2.05) is 65.6 Å². The Labute approximate surface area is 189 Å². The first-order valence-electron chi connectivity index (χ1n) is 11.3. The fourth-order valence-electron chi connectivity index (χ4n) is 4.04. The molecule has 0 spiro atoms. The summed E-state index contributed by atoms with van der Waals surface area (Å²) < 4.78 is 6.12. The molecule has 0 bridgehead atoms. The minimum absolute atomic E-state index is 0.0101. The first-order valence-corrected chi connectivity index (χ1v) is 11.3. The lowest BCUT2D eigenvalue weighted by Gasteiger charge is -2.26. The molecule has 2 aromatic carbocycles. The summed E-state index contributed by atoms with van der Waals surface area (Å²) in [5.74, 6) is 2.27. The summed E-state index contributed by atoms with van der Waals surface area (Å²) in [6.45, 7) is 5.43. The lowest BCUT2D eigenvalue weighted by molar-refractivity contribution is -0.133. The number of furan rings is 1. The average Bonchev–Trinajstić information content (AvgIpc) is 3.22. The van der Waals surface area contributed by atoms with Crippen molar-refractivity contribution in [2.24, 2.45) is 5.92 Å². The van der Waals surface area contributed by atoms with Gasteiger partial charge in [0.1, 0.15) is 11.5 Å². The monoisotopic (exact) mass is 430 g/mol. The summed E-state index contributed by atoms with van der Waals surface area (Å²) in [6, 6.07) is 19.8. The van der Waals surface area contributed by atoms with Crippen molar-refractivity contribution in [3.05, 3.63) is 77.6 Å². The molecule has 1 N–H and O–H groups in total. The molecule has 4 rings (SSSR count). The molecule has 1 aromatic heterocycles. The van der Waals surface area contributed by atoms with Crippen molar-refractivity contribution < 1.29 is 14.0 Å². The van der Waals surface area contributed by atoms with Crippen LogP contribution < -0.4 is 5.32 Å². The second-order valence-corrected chi connectivity index (χ2v) is 8.84. The third-order valence-electron chi connectivity index (χ3n) is 5.72. The highest BCUT2D eigenvalue weighted by Crippen LogP contribution is 2.31. The number of amides is 2. The standard InChI is InChI=1S/C27H30N2O3/c1-19(2)15-27(31)29-14-13-24-22(18-29)17-25(32-24)21-9-6-10-23(16-21)28-26(30)12-11-20-7-4-3-5-8-20/h3-10,16-17,19H,11-15,18H2,1-2H3,(H,28,30). The zero-order chi connectivity index (χ0) is 22.5. The number of rotatable bonds is 7. The van der Waals surface area contributed by atoms with Gasteiger partial charge in [0, 0.05) is 49.2 Å². The van der Waals surface area contributed by atoms with Crippen LogP contribution in [0.2, 0.25) is 0 Å². The number of hydrogen-bond donors (Lipinski definition) is 1. The molecule has 0 radical (unpaired) electrons. The van der Waals surface area contributed by atoms with Crippen molar-refractivity contribution in [3.8, 4) is 11.3 Å². The predicted molar refractivity (Wildman–Crippen MR) is 126 cm³/mol. The highest BCUT2D eigenvalue weighted by molar-refractivity contribution is 5.91. The van der Waals surface area contributed by atoms with Crippen LogP contribution in [0.1, 0.15) is 43.6 Å². The predicted octanol–water partition coefficient (Wildman–Crippen LogP) is 5.45. The van der Waals surface area contributed by atoms with Crippen molar-refractivity contribution in [3.63, 3.8) is 0 Å². The number of anilines is 1. The van der Waals surface area contributed by atoms with Gasteiger partial charge in [-0.05, 0) is 36.1 Å². The molecular weight excluding hydrogens is 400 g/mol.